The molecular formula is C13H14N4. The van der Waals surface area contributed by atoms with Gasteiger partial charge in [-0.3, -0.25) is 4.68 Å². The maximum atomic E-state index is 9.09. The third-order valence-corrected chi connectivity index (χ3v) is 2.61. The molecule has 0 aliphatic carbocycles. The highest BCUT2D eigenvalue weighted by Gasteiger charge is 2.08. The minimum absolute atomic E-state index is 0.308. The van der Waals surface area contributed by atoms with Crippen LogP contribution in [0.25, 0.3) is 11.1 Å². The van der Waals surface area contributed by atoms with Crippen LogP contribution >= 0.6 is 0 Å². The molecule has 0 spiro atoms. The molecule has 4 heteroatoms. The van der Waals surface area contributed by atoms with Gasteiger partial charge in [-0.25, -0.2) is 0 Å². The number of hydrogen-bond donors (Lipinski definition) is 1. The van der Waals surface area contributed by atoms with E-state index in [0.717, 1.165) is 11.1 Å². The van der Waals surface area contributed by atoms with Crippen LogP contribution in [0.4, 0.5) is 5.69 Å². The molecule has 0 aliphatic heterocycles. The van der Waals surface area contributed by atoms with Gasteiger partial charge in [0.1, 0.15) is 0 Å². The van der Waals surface area contributed by atoms with Crippen LogP contribution in [-0.2, 0) is 0 Å². The Labute approximate surface area is 100 Å². The molecular weight excluding hydrogens is 212 g/mol. The van der Waals surface area contributed by atoms with E-state index in [1.807, 2.05) is 16.9 Å². The van der Waals surface area contributed by atoms with E-state index in [-0.39, 0.29) is 0 Å². The van der Waals surface area contributed by atoms with Crippen molar-refractivity contribution < 1.29 is 0 Å². The van der Waals surface area contributed by atoms with Gasteiger partial charge in [-0.1, -0.05) is 6.07 Å². The second-order valence-electron chi connectivity index (χ2n) is 4.22. The molecule has 0 aliphatic rings. The summed E-state index contributed by atoms with van der Waals surface area (Å²) < 4.78 is 1.87. The van der Waals surface area contributed by atoms with E-state index >= 15 is 0 Å². The number of nitrogens with two attached hydrogens (primary N) is 1. The molecule has 1 heterocycles. The van der Waals surface area contributed by atoms with Crippen LogP contribution in [0, 0.1) is 11.3 Å². The summed E-state index contributed by atoms with van der Waals surface area (Å²) in [6.07, 6.45) is 3.71. The molecule has 0 unspecified atom stereocenters. The summed E-state index contributed by atoms with van der Waals surface area (Å²) >= 11 is 0. The summed E-state index contributed by atoms with van der Waals surface area (Å²) in [6, 6.07) is 7.80. The monoisotopic (exact) mass is 226 g/mol. The molecule has 1 aromatic carbocycles. The van der Waals surface area contributed by atoms with Crippen molar-refractivity contribution in [1.29, 1.82) is 5.26 Å². The number of rotatable bonds is 2. The number of benzene rings is 1. The van der Waals surface area contributed by atoms with Gasteiger partial charge in [0.25, 0.3) is 0 Å². The number of nitrogens with zero attached hydrogens (tertiary/aromatic N) is 3. The van der Waals surface area contributed by atoms with Crippen LogP contribution in [0.2, 0.25) is 0 Å². The van der Waals surface area contributed by atoms with Gasteiger partial charge >= 0.3 is 0 Å². The molecule has 17 heavy (non-hydrogen) atoms. The summed E-state index contributed by atoms with van der Waals surface area (Å²) in [5.74, 6) is 0. The molecule has 0 amide bonds. The van der Waals surface area contributed by atoms with Crippen molar-refractivity contribution in [2.45, 2.75) is 19.9 Å². The van der Waals surface area contributed by atoms with E-state index in [4.69, 9.17) is 11.0 Å². The van der Waals surface area contributed by atoms with E-state index in [2.05, 4.69) is 25.0 Å². The van der Waals surface area contributed by atoms with E-state index in [1.54, 1.807) is 18.3 Å². The second kappa shape index (κ2) is 4.30. The predicted octanol–water partition coefficient (Wildman–Crippen LogP) is 2.58. The van der Waals surface area contributed by atoms with Crippen LogP contribution in [0.3, 0.4) is 0 Å². The van der Waals surface area contributed by atoms with Crippen molar-refractivity contribution in [1.82, 2.24) is 9.78 Å². The quantitative estimate of drug-likeness (QED) is 0.800. The molecule has 86 valence electrons. The summed E-state index contributed by atoms with van der Waals surface area (Å²) in [7, 11) is 0. The smallest absolute Gasteiger partial charge is 0.0998 e. The van der Waals surface area contributed by atoms with E-state index < -0.39 is 0 Å². The van der Waals surface area contributed by atoms with Crippen molar-refractivity contribution >= 4 is 5.69 Å². The third kappa shape index (κ3) is 2.13. The van der Waals surface area contributed by atoms with Crippen molar-refractivity contribution in [3.63, 3.8) is 0 Å². The molecule has 2 aromatic rings. The number of nitriles is 1. The van der Waals surface area contributed by atoms with Crippen LogP contribution in [-0.4, -0.2) is 9.78 Å². The molecule has 0 fully saturated rings. The number of aromatic nitrogens is 2. The number of hydrogen-bond acceptors (Lipinski definition) is 3. The molecule has 1 aromatic heterocycles. The van der Waals surface area contributed by atoms with Gasteiger partial charge in [0, 0.05) is 29.1 Å². The zero-order chi connectivity index (χ0) is 12.4. The fourth-order valence-electron chi connectivity index (χ4n) is 1.67. The minimum atomic E-state index is 0.308. The topological polar surface area (TPSA) is 67.6 Å². The summed E-state index contributed by atoms with van der Waals surface area (Å²) in [6.45, 7) is 4.12. The molecule has 0 saturated carbocycles. The zero-order valence-electron chi connectivity index (χ0n) is 9.88. The first kappa shape index (κ1) is 11.2. The Kier molecular flexibility index (Phi) is 2.84. The van der Waals surface area contributed by atoms with Gasteiger partial charge in [0.2, 0.25) is 0 Å². The first-order chi connectivity index (χ1) is 8.11. The lowest BCUT2D eigenvalue weighted by atomic mass is 10.0. The molecule has 4 nitrogen and oxygen atoms in total. The molecule has 0 bridgehead atoms. The lowest BCUT2D eigenvalue weighted by molar-refractivity contribution is 0.532. The Bertz CT molecular complexity index is 575. The largest absolute Gasteiger partial charge is 0.399 e. The van der Waals surface area contributed by atoms with Crippen molar-refractivity contribution in [2.75, 3.05) is 5.73 Å². The average molecular weight is 226 g/mol. The molecule has 2 N–H and O–H groups in total. The van der Waals surface area contributed by atoms with Crippen LogP contribution in [0.5, 0.6) is 0 Å². The standard InChI is InChI=1S/C13H14N4/c1-9(2)17-8-11(7-16-17)13-4-3-12(15)5-10(13)6-14/h3-5,7-9H,15H2,1-2H3. The predicted molar refractivity (Wildman–Crippen MR) is 67.2 cm³/mol. The lowest BCUT2D eigenvalue weighted by Gasteiger charge is -2.04. The van der Waals surface area contributed by atoms with Crippen LogP contribution in [0.1, 0.15) is 25.5 Å². The Balaban J connectivity index is 2.49. The van der Waals surface area contributed by atoms with Crippen molar-refractivity contribution in [3.8, 4) is 17.2 Å². The number of anilines is 1. The Morgan fingerprint density at radius 1 is 1.41 bits per heavy atom. The highest BCUT2D eigenvalue weighted by Crippen LogP contribution is 2.25. The fraction of sp³-hybridized carbons (Fsp3) is 0.231. The van der Waals surface area contributed by atoms with Gasteiger partial charge < -0.3 is 5.73 Å². The maximum absolute atomic E-state index is 9.09. The minimum Gasteiger partial charge on any atom is -0.399 e. The molecule has 2 rings (SSSR count). The van der Waals surface area contributed by atoms with E-state index in [0.29, 0.717) is 17.3 Å². The lowest BCUT2D eigenvalue weighted by Crippen LogP contribution is -1.99. The second-order valence-corrected chi connectivity index (χ2v) is 4.22. The Morgan fingerprint density at radius 2 is 2.18 bits per heavy atom. The average Bonchev–Trinajstić information content (AvgIpc) is 2.78. The highest BCUT2D eigenvalue weighted by atomic mass is 15.3. The van der Waals surface area contributed by atoms with Gasteiger partial charge in [-0.15, -0.1) is 0 Å². The van der Waals surface area contributed by atoms with E-state index in [9.17, 15) is 0 Å². The normalized spacial score (nSPS) is 10.5. The number of nitrogen functional groups attached to an aromatic ring is 1. The summed E-state index contributed by atoms with van der Waals surface area (Å²) in [4.78, 5) is 0. The molecule has 0 radical (unpaired) electrons. The van der Waals surface area contributed by atoms with Gasteiger partial charge in [-0.2, -0.15) is 10.4 Å². The molecule has 0 saturated heterocycles. The van der Waals surface area contributed by atoms with Crippen molar-refractivity contribution in [3.05, 3.63) is 36.2 Å². The van der Waals surface area contributed by atoms with Crippen molar-refractivity contribution in [2.24, 2.45) is 0 Å². The Hall–Kier alpha value is -2.28. The summed E-state index contributed by atoms with van der Waals surface area (Å²) in [5.41, 5.74) is 8.65. The third-order valence-electron chi connectivity index (χ3n) is 2.61. The Morgan fingerprint density at radius 3 is 2.76 bits per heavy atom. The van der Waals surface area contributed by atoms with Crippen LogP contribution < -0.4 is 5.73 Å². The first-order valence-electron chi connectivity index (χ1n) is 5.46. The zero-order valence-corrected chi connectivity index (χ0v) is 9.88. The fourth-order valence-corrected chi connectivity index (χ4v) is 1.67. The maximum Gasteiger partial charge on any atom is 0.0998 e. The van der Waals surface area contributed by atoms with Crippen LogP contribution in [0.15, 0.2) is 30.6 Å². The first-order valence-corrected chi connectivity index (χ1v) is 5.46. The SMILES string of the molecule is CC(C)n1cc(-c2ccc(N)cc2C#N)cn1. The summed E-state index contributed by atoms with van der Waals surface area (Å²) in [5, 5.41) is 13.4. The van der Waals surface area contributed by atoms with Gasteiger partial charge in [0.15, 0.2) is 0 Å². The van der Waals surface area contributed by atoms with E-state index in [1.165, 1.54) is 0 Å². The highest BCUT2D eigenvalue weighted by molar-refractivity contribution is 5.71. The molecule has 0 atom stereocenters. The van der Waals surface area contributed by atoms with Gasteiger partial charge in [0.05, 0.1) is 17.8 Å². The van der Waals surface area contributed by atoms with Gasteiger partial charge in [-0.05, 0) is 26.0 Å².